The van der Waals surface area contributed by atoms with Gasteiger partial charge in [-0.1, -0.05) is 32.1 Å². The van der Waals surface area contributed by atoms with E-state index in [0.717, 1.165) is 32.1 Å². The molecule has 0 unspecified atom stereocenters. The molecule has 0 spiro atoms. The lowest BCUT2D eigenvalue weighted by atomic mass is 9.96. The van der Waals surface area contributed by atoms with Gasteiger partial charge in [0.15, 0.2) is 0 Å². The smallest absolute Gasteiger partial charge is 0.348 e. The summed E-state index contributed by atoms with van der Waals surface area (Å²) in [6, 6.07) is -0.578. The lowest BCUT2D eigenvalue weighted by Crippen LogP contribution is -2.53. The largest absolute Gasteiger partial charge is 0.463 e. The predicted molar refractivity (Wildman–Crippen MR) is 55.3 cm³/mol. The molecule has 1 amide bonds. The van der Waals surface area contributed by atoms with Crippen LogP contribution in [0.4, 0.5) is 22.0 Å². The van der Waals surface area contributed by atoms with Crippen LogP contribution < -0.4 is 5.32 Å². The van der Waals surface area contributed by atoms with Crippen LogP contribution in [0.25, 0.3) is 0 Å². The molecule has 1 aliphatic carbocycles. The van der Waals surface area contributed by atoms with Gasteiger partial charge in [0.25, 0.3) is 0 Å². The zero-order valence-corrected chi connectivity index (χ0v) is 9.83. The van der Waals surface area contributed by atoms with Crippen LogP contribution in [0.5, 0.6) is 0 Å². The molecule has 7 heteroatoms. The Kier molecular flexibility index (Phi) is 4.92. The maximum Gasteiger partial charge on any atom is 0.463 e. The molecule has 0 heterocycles. The van der Waals surface area contributed by atoms with Crippen LogP contribution >= 0.6 is 0 Å². The highest BCUT2D eigenvalue weighted by atomic mass is 19.4. The monoisotopic (exact) mass is 273 g/mol. The van der Waals surface area contributed by atoms with Crippen molar-refractivity contribution in [3.63, 3.8) is 0 Å². The van der Waals surface area contributed by atoms with Gasteiger partial charge in [0.1, 0.15) is 0 Å². The standard InChI is InChI=1S/C11H16F5NO/c12-10(13,11(14,15)16)9(18)17-8-6-4-2-1-3-5-7-8/h8H,1-7H2,(H,17,18). The van der Waals surface area contributed by atoms with E-state index in [1.54, 1.807) is 0 Å². The van der Waals surface area contributed by atoms with Crippen molar-refractivity contribution >= 4 is 5.91 Å². The minimum atomic E-state index is -5.83. The highest BCUT2D eigenvalue weighted by Gasteiger charge is 2.63. The molecule has 106 valence electrons. The second-order valence-electron chi connectivity index (χ2n) is 4.59. The summed E-state index contributed by atoms with van der Waals surface area (Å²) in [4.78, 5) is 11.0. The van der Waals surface area contributed by atoms with Crippen LogP contribution in [0.15, 0.2) is 0 Å². The fourth-order valence-electron chi connectivity index (χ4n) is 2.01. The summed E-state index contributed by atoms with van der Waals surface area (Å²) in [5, 5.41) is 1.82. The van der Waals surface area contributed by atoms with E-state index in [9.17, 15) is 26.7 Å². The Bertz CT molecular complexity index is 282. The normalized spacial score (nSPS) is 20.1. The minimum absolute atomic E-state index is 0.458. The highest BCUT2D eigenvalue weighted by molar-refractivity contribution is 5.84. The number of carbonyl (C=O) groups excluding carboxylic acids is 1. The summed E-state index contributed by atoms with van der Waals surface area (Å²) in [7, 11) is 0. The first-order valence-corrected chi connectivity index (χ1v) is 6.00. The fraction of sp³-hybridized carbons (Fsp3) is 0.909. The number of hydrogen-bond acceptors (Lipinski definition) is 1. The summed E-state index contributed by atoms with van der Waals surface area (Å²) in [6.45, 7) is 0. The highest BCUT2D eigenvalue weighted by Crippen LogP contribution is 2.35. The van der Waals surface area contributed by atoms with Gasteiger partial charge in [0, 0.05) is 6.04 Å². The molecule has 0 aromatic heterocycles. The van der Waals surface area contributed by atoms with Gasteiger partial charge in [0.2, 0.25) is 0 Å². The molecule has 0 aromatic carbocycles. The minimum Gasteiger partial charge on any atom is -0.348 e. The Morgan fingerprint density at radius 1 is 0.889 bits per heavy atom. The predicted octanol–water partition coefficient (Wildman–Crippen LogP) is 3.41. The van der Waals surface area contributed by atoms with Crippen molar-refractivity contribution in [3.8, 4) is 0 Å². The lowest BCUT2D eigenvalue weighted by molar-refractivity contribution is -0.270. The van der Waals surface area contributed by atoms with Gasteiger partial charge in [-0.2, -0.15) is 22.0 Å². The van der Waals surface area contributed by atoms with Crippen molar-refractivity contribution in [2.24, 2.45) is 0 Å². The molecular formula is C11H16F5NO. The van der Waals surface area contributed by atoms with Gasteiger partial charge in [0.05, 0.1) is 0 Å². The maximum atomic E-state index is 12.7. The van der Waals surface area contributed by atoms with Gasteiger partial charge in [-0.05, 0) is 12.8 Å². The Morgan fingerprint density at radius 3 is 1.78 bits per heavy atom. The third kappa shape index (κ3) is 3.81. The van der Waals surface area contributed by atoms with E-state index in [4.69, 9.17) is 0 Å². The molecule has 0 atom stereocenters. The van der Waals surface area contributed by atoms with Gasteiger partial charge < -0.3 is 5.32 Å². The van der Waals surface area contributed by atoms with E-state index < -0.39 is 24.0 Å². The van der Waals surface area contributed by atoms with E-state index >= 15 is 0 Å². The third-order valence-corrected chi connectivity index (χ3v) is 3.08. The summed E-state index contributed by atoms with van der Waals surface area (Å²) in [5.41, 5.74) is 0. The lowest BCUT2D eigenvalue weighted by Gasteiger charge is -2.24. The second kappa shape index (κ2) is 5.84. The Balaban J connectivity index is 2.57. The van der Waals surface area contributed by atoms with Crippen LogP contribution in [-0.4, -0.2) is 24.0 Å². The van der Waals surface area contributed by atoms with E-state index in [0.29, 0.717) is 12.8 Å². The Labute approximate surface area is 102 Å². The summed E-state index contributed by atoms with van der Waals surface area (Å²) in [6.07, 6.45) is -0.563. The van der Waals surface area contributed by atoms with E-state index in [1.165, 1.54) is 0 Å². The molecular weight excluding hydrogens is 257 g/mol. The average Bonchev–Trinajstić information content (AvgIpc) is 2.19. The first kappa shape index (κ1) is 15.2. The molecule has 1 N–H and O–H groups in total. The van der Waals surface area contributed by atoms with Crippen LogP contribution in [0.3, 0.4) is 0 Å². The number of alkyl halides is 5. The molecule has 18 heavy (non-hydrogen) atoms. The zero-order chi connectivity index (χ0) is 13.8. The average molecular weight is 273 g/mol. The number of amides is 1. The summed E-state index contributed by atoms with van der Waals surface area (Å²) >= 11 is 0. The van der Waals surface area contributed by atoms with Crippen LogP contribution in [0.1, 0.15) is 44.9 Å². The quantitative estimate of drug-likeness (QED) is 0.767. The van der Waals surface area contributed by atoms with E-state index in [1.807, 2.05) is 5.32 Å². The van der Waals surface area contributed by atoms with Crippen LogP contribution in [0.2, 0.25) is 0 Å². The maximum absolute atomic E-state index is 12.7. The van der Waals surface area contributed by atoms with E-state index in [2.05, 4.69) is 0 Å². The second-order valence-corrected chi connectivity index (χ2v) is 4.59. The van der Waals surface area contributed by atoms with Crippen molar-refractivity contribution in [3.05, 3.63) is 0 Å². The molecule has 0 saturated heterocycles. The van der Waals surface area contributed by atoms with Crippen molar-refractivity contribution in [1.29, 1.82) is 0 Å². The molecule has 1 aliphatic rings. The molecule has 0 aromatic rings. The van der Waals surface area contributed by atoms with Crippen molar-refractivity contribution in [2.45, 2.75) is 63.1 Å². The molecule has 1 saturated carbocycles. The number of hydrogen-bond donors (Lipinski definition) is 1. The summed E-state index contributed by atoms with van der Waals surface area (Å²) < 4.78 is 61.4. The third-order valence-electron chi connectivity index (χ3n) is 3.08. The van der Waals surface area contributed by atoms with Crippen molar-refractivity contribution in [1.82, 2.24) is 5.32 Å². The van der Waals surface area contributed by atoms with Gasteiger partial charge in [-0.3, -0.25) is 4.79 Å². The molecule has 1 rings (SSSR count). The molecule has 0 radical (unpaired) electrons. The van der Waals surface area contributed by atoms with E-state index in [-0.39, 0.29) is 0 Å². The van der Waals surface area contributed by atoms with Crippen LogP contribution in [-0.2, 0) is 4.79 Å². The fourth-order valence-corrected chi connectivity index (χ4v) is 2.01. The number of nitrogens with one attached hydrogen (secondary N) is 1. The molecule has 1 fully saturated rings. The van der Waals surface area contributed by atoms with Crippen molar-refractivity contribution < 1.29 is 26.7 Å². The Hall–Kier alpha value is -0.880. The van der Waals surface area contributed by atoms with Gasteiger partial charge in [-0.15, -0.1) is 0 Å². The first-order valence-electron chi connectivity index (χ1n) is 6.00. The molecule has 2 nitrogen and oxygen atoms in total. The number of rotatable bonds is 2. The SMILES string of the molecule is O=C(NC1CCCCCCC1)C(F)(F)C(F)(F)F. The summed E-state index contributed by atoms with van der Waals surface area (Å²) in [5.74, 6) is -7.55. The number of carbonyl (C=O) groups is 1. The van der Waals surface area contributed by atoms with Crippen molar-refractivity contribution in [2.75, 3.05) is 0 Å². The van der Waals surface area contributed by atoms with Gasteiger partial charge in [-0.25, -0.2) is 0 Å². The first-order chi connectivity index (χ1) is 8.25. The molecule has 0 aliphatic heterocycles. The van der Waals surface area contributed by atoms with Crippen LogP contribution in [0, 0.1) is 0 Å². The number of halogens is 5. The zero-order valence-electron chi connectivity index (χ0n) is 9.83. The Morgan fingerprint density at radius 2 is 1.33 bits per heavy atom. The topological polar surface area (TPSA) is 29.1 Å². The molecule has 0 bridgehead atoms. The van der Waals surface area contributed by atoms with Gasteiger partial charge >= 0.3 is 18.0 Å².